The second-order valence-corrected chi connectivity index (χ2v) is 14.4. The topological polar surface area (TPSA) is 62.5 Å². The smallest absolute Gasteiger partial charge is 0.164 e. The van der Waals surface area contributed by atoms with Gasteiger partial charge in [0.1, 0.15) is 0 Å². The minimum absolute atomic E-state index is 0.00193. The lowest BCUT2D eigenvalue weighted by Gasteiger charge is -2.61. The van der Waals surface area contributed by atoms with Crippen LogP contribution in [0.2, 0.25) is 0 Å². The highest BCUT2D eigenvalue weighted by atomic mass is 15.0. The van der Waals surface area contributed by atoms with Crippen molar-refractivity contribution in [2.75, 3.05) is 0 Å². The van der Waals surface area contributed by atoms with Gasteiger partial charge in [-0.1, -0.05) is 97.1 Å². The Kier molecular flexibility index (Phi) is 6.09. The summed E-state index contributed by atoms with van der Waals surface area (Å²) in [5.74, 6) is 5.02. The van der Waals surface area contributed by atoms with E-state index >= 15 is 0 Å². The first-order chi connectivity index (χ1) is 23.7. The molecule has 4 fully saturated rings. The quantitative estimate of drug-likeness (QED) is 0.197. The van der Waals surface area contributed by atoms with Crippen LogP contribution >= 0.6 is 0 Å². The lowest BCUT2D eigenvalue weighted by Crippen LogP contribution is -2.55. The molecule has 0 atom stereocenters. The molecule has 230 valence electrons. The van der Waals surface area contributed by atoms with Crippen LogP contribution in [0, 0.1) is 35.0 Å². The molecule has 1 spiro atoms. The Morgan fingerprint density at radius 1 is 0.479 bits per heavy atom. The molecule has 4 nitrogen and oxygen atoms in total. The van der Waals surface area contributed by atoms with Crippen molar-refractivity contribution >= 4 is 0 Å². The molecule has 5 aliphatic rings. The average molecular weight is 619 g/mol. The molecule has 0 amide bonds. The number of aromatic nitrogens is 3. The third-order valence-corrected chi connectivity index (χ3v) is 11.9. The van der Waals surface area contributed by atoms with Gasteiger partial charge in [0.05, 0.1) is 11.6 Å². The van der Waals surface area contributed by atoms with Crippen LogP contribution in [0.4, 0.5) is 0 Å². The fourth-order valence-electron chi connectivity index (χ4n) is 10.2. The first-order valence-electron chi connectivity index (χ1n) is 17.3. The molecular weight excluding hydrogens is 585 g/mol. The normalized spacial score (nSPS) is 24.3. The Balaban J connectivity index is 1.11. The number of fused-ring (bicyclic) bond motifs is 3. The van der Waals surface area contributed by atoms with Crippen molar-refractivity contribution < 1.29 is 0 Å². The van der Waals surface area contributed by atoms with Crippen LogP contribution in [-0.4, -0.2) is 15.0 Å². The first-order valence-corrected chi connectivity index (χ1v) is 17.3. The molecule has 48 heavy (non-hydrogen) atoms. The molecule has 4 saturated carbocycles. The molecular formula is C44H34N4. The van der Waals surface area contributed by atoms with E-state index in [0.29, 0.717) is 29.3 Å². The van der Waals surface area contributed by atoms with E-state index < -0.39 is 0 Å². The second-order valence-electron chi connectivity index (χ2n) is 14.4. The molecule has 0 N–H and O–H groups in total. The van der Waals surface area contributed by atoms with Gasteiger partial charge in [-0.25, -0.2) is 15.0 Å². The van der Waals surface area contributed by atoms with E-state index in [9.17, 15) is 5.26 Å². The number of hydrogen-bond donors (Lipinski definition) is 0. The van der Waals surface area contributed by atoms with Crippen molar-refractivity contribution in [1.29, 1.82) is 5.26 Å². The summed E-state index contributed by atoms with van der Waals surface area (Å²) in [6.45, 7) is 0. The maximum Gasteiger partial charge on any atom is 0.164 e. The minimum Gasteiger partial charge on any atom is -0.208 e. The zero-order valence-corrected chi connectivity index (χ0v) is 26.7. The van der Waals surface area contributed by atoms with E-state index in [1.807, 2.05) is 66.7 Å². The predicted molar refractivity (Wildman–Crippen MR) is 190 cm³/mol. The number of nitrogens with zero attached hydrogens (tertiary/aromatic N) is 4. The van der Waals surface area contributed by atoms with E-state index in [4.69, 9.17) is 15.0 Å². The van der Waals surface area contributed by atoms with Crippen LogP contribution in [0.3, 0.4) is 0 Å². The van der Waals surface area contributed by atoms with Crippen molar-refractivity contribution in [3.05, 3.63) is 138 Å². The van der Waals surface area contributed by atoms with Crippen molar-refractivity contribution in [2.24, 2.45) is 23.7 Å². The molecule has 0 saturated heterocycles. The maximum atomic E-state index is 9.94. The Labute approximate surface area is 281 Å². The SMILES string of the molecule is N#Cc1ccc2c(c1)C1(c3cc(-c4cccc(-c5nc(-c6ccccc6)nc(-c6ccccc6)n5)c4)ccc3-2)C2CC3CC(C2)CC1C3. The van der Waals surface area contributed by atoms with Gasteiger partial charge in [-0.2, -0.15) is 5.26 Å². The van der Waals surface area contributed by atoms with E-state index in [0.717, 1.165) is 39.7 Å². The van der Waals surface area contributed by atoms with Crippen LogP contribution in [0.25, 0.3) is 56.4 Å². The summed E-state index contributed by atoms with van der Waals surface area (Å²) in [4.78, 5) is 14.9. The number of benzene rings is 5. The van der Waals surface area contributed by atoms with Gasteiger partial charge in [0, 0.05) is 22.1 Å². The molecule has 1 aromatic heterocycles. The fourth-order valence-corrected chi connectivity index (χ4v) is 10.2. The van der Waals surface area contributed by atoms with Crippen LogP contribution in [0.15, 0.2) is 121 Å². The van der Waals surface area contributed by atoms with Crippen molar-refractivity contribution in [3.8, 4) is 62.5 Å². The molecule has 0 unspecified atom stereocenters. The lowest BCUT2D eigenvalue weighted by molar-refractivity contribution is -0.0399. The van der Waals surface area contributed by atoms with E-state index in [1.54, 1.807) is 0 Å². The number of hydrogen-bond acceptors (Lipinski definition) is 4. The van der Waals surface area contributed by atoms with Gasteiger partial charge in [0.2, 0.25) is 0 Å². The fraction of sp³-hybridized carbons (Fsp3) is 0.227. The van der Waals surface area contributed by atoms with Gasteiger partial charge < -0.3 is 0 Å². The standard InChI is InChI=1S/C44H34N4/c45-26-27-14-16-37-38-17-15-33(25-40(38)44(39(37)23-27)35-19-28-18-29(21-35)22-36(44)20-28)32-12-7-13-34(24-32)43-47-41(30-8-3-1-4-9-30)46-42(48-43)31-10-5-2-6-11-31/h1-17,23-25,28-29,35-36H,18-22H2. The summed E-state index contributed by atoms with van der Waals surface area (Å²) in [6.07, 6.45) is 6.68. The van der Waals surface area contributed by atoms with Gasteiger partial charge in [-0.3, -0.25) is 0 Å². The second kappa shape index (κ2) is 10.6. The summed E-state index contributed by atoms with van der Waals surface area (Å²) >= 11 is 0. The van der Waals surface area contributed by atoms with Crippen molar-refractivity contribution in [3.63, 3.8) is 0 Å². The highest BCUT2D eigenvalue weighted by Crippen LogP contribution is 2.69. The summed E-state index contributed by atoms with van der Waals surface area (Å²) in [5.41, 5.74) is 11.7. The molecule has 0 radical (unpaired) electrons. The Morgan fingerprint density at radius 2 is 0.979 bits per heavy atom. The van der Waals surface area contributed by atoms with Gasteiger partial charge in [0.25, 0.3) is 0 Å². The molecule has 5 aromatic carbocycles. The molecule has 0 aliphatic heterocycles. The molecule has 4 bridgehead atoms. The van der Waals surface area contributed by atoms with Gasteiger partial charge >= 0.3 is 0 Å². The highest BCUT2D eigenvalue weighted by molar-refractivity contribution is 5.85. The zero-order chi connectivity index (χ0) is 31.8. The van der Waals surface area contributed by atoms with Gasteiger partial charge in [0.15, 0.2) is 17.5 Å². The van der Waals surface area contributed by atoms with Crippen LogP contribution < -0.4 is 0 Å². The Hall–Kier alpha value is -5.40. The van der Waals surface area contributed by atoms with Gasteiger partial charge in [-0.05, 0) is 113 Å². The van der Waals surface area contributed by atoms with Crippen LogP contribution in [-0.2, 0) is 5.41 Å². The third-order valence-electron chi connectivity index (χ3n) is 11.9. The van der Waals surface area contributed by atoms with Crippen molar-refractivity contribution in [1.82, 2.24) is 15.0 Å². The van der Waals surface area contributed by atoms with E-state index in [1.165, 1.54) is 59.9 Å². The third kappa shape index (κ3) is 4.10. The monoisotopic (exact) mass is 618 g/mol. The Bertz CT molecular complexity index is 2180. The number of nitriles is 1. The zero-order valence-electron chi connectivity index (χ0n) is 26.7. The van der Waals surface area contributed by atoms with Gasteiger partial charge in [-0.15, -0.1) is 0 Å². The summed E-state index contributed by atoms with van der Waals surface area (Å²) < 4.78 is 0. The first kappa shape index (κ1) is 27.7. The molecule has 11 rings (SSSR count). The average Bonchev–Trinajstić information content (AvgIpc) is 3.43. The van der Waals surface area contributed by atoms with E-state index in [2.05, 4.69) is 60.7 Å². The largest absolute Gasteiger partial charge is 0.208 e. The molecule has 4 heteroatoms. The number of rotatable bonds is 4. The predicted octanol–water partition coefficient (Wildman–Crippen LogP) is 10.1. The van der Waals surface area contributed by atoms with Crippen LogP contribution in [0.1, 0.15) is 48.8 Å². The molecule has 5 aliphatic carbocycles. The summed E-state index contributed by atoms with van der Waals surface area (Å²) in [7, 11) is 0. The van der Waals surface area contributed by atoms with Crippen molar-refractivity contribution in [2.45, 2.75) is 37.5 Å². The molecule has 1 heterocycles. The van der Waals surface area contributed by atoms with Crippen LogP contribution in [0.5, 0.6) is 0 Å². The summed E-state index contributed by atoms with van der Waals surface area (Å²) in [6, 6.07) is 45.0. The summed E-state index contributed by atoms with van der Waals surface area (Å²) in [5, 5.41) is 9.94. The minimum atomic E-state index is 0.00193. The Morgan fingerprint density at radius 3 is 1.58 bits per heavy atom. The highest BCUT2D eigenvalue weighted by Gasteiger charge is 2.61. The molecule has 6 aromatic rings. The van der Waals surface area contributed by atoms with E-state index in [-0.39, 0.29) is 5.41 Å². The lowest BCUT2D eigenvalue weighted by atomic mass is 9.43. The maximum absolute atomic E-state index is 9.94.